The van der Waals surface area contributed by atoms with Crippen LogP contribution < -0.4 is 0 Å². The van der Waals surface area contributed by atoms with Crippen LogP contribution >= 0.6 is 0 Å². The molecule has 19 heavy (non-hydrogen) atoms. The van der Waals surface area contributed by atoms with E-state index in [4.69, 9.17) is 4.74 Å². The van der Waals surface area contributed by atoms with Crippen molar-refractivity contribution in [2.75, 3.05) is 13.1 Å². The summed E-state index contributed by atoms with van der Waals surface area (Å²) in [5, 5.41) is 10.1. The van der Waals surface area contributed by atoms with Crippen molar-refractivity contribution >= 4 is 6.09 Å². The van der Waals surface area contributed by atoms with Crippen LogP contribution in [0.3, 0.4) is 0 Å². The van der Waals surface area contributed by atoms with E-state index in [0.29, 0.717) is 25.9 Å². The minimum Gasteiger partial charge on any atom is -0.444 e. The van der Waals surface area contributed by atoms with Gasteiger partial charge >= 0.3 is 6.09 Å². The lowest BCUT2D eigenvalue weighted by atomic mass is 9.98. The summed E-state index contributed by atoms with van der Waals surface area (Å²) in [6, 6.07) is 0. The van der Waals surface area contributed by atoms with E-state index in [-0.39, 0.29) is 18.1 Å². The van der Waals surface area contributed by atoms with Gasteiger partial charge in [-0.1, -0.05) is 0 Å². The highest BCUT2D eigenvalue weighted by molar-refractivity contribution is 5.68. The van der Waals surface area contributed by atoms with Gasteiger partial charge in [0.15, 0.2) is 0 Å². The number of carbonyl (C=O) groups is 1. The van der Waals surface area contributed by atoms with E-state index in [1.807, 2.05) is 20.8 Å². The maximum absolute atomic E-state index is 11.9. The second-order valence-electron chi connectivity index (χ2n) is 6.01. The van der Waals surface area contributed by atoms with Gasteiger partial charge in [-0.3, -0.25) is 0 Å². The fourth-order valence-electron chi connectivity index (χ4n) is 2.17. The quantitative estimate of drug-likeness (QED) is 0.799. The highest BCUT2D eigenvalue weighted by atomic mass is 16.6. The molecule has 0 aromatic heterocycles. The van der Waals surface area contributed by atoms with Gasteiger partial charge in [0.1, 0.15) is 5.60 Å². The highest BCUT2D eigenvalue weighted by Crippen LogP contribution is 2.24. The lowest BCUT2D eigenvalue weighted by Crippen LogP contribution is -2.36. The molecule has 0 aromatic carbocycles. The van der Waals surface area contributed by atoms with Crippen molar-refractivity contribution in [3.05, 3.63) is 0 Å². The summed E-state index contributed by atoms with van der Waals surface area (Å²) in [6.07, 6.45) is 1.55. The van der Waals surface area contributed by atoms with E-state index >= 15 is 0 Å². The summed E-state index contributed by atoms with van der Waals surface area (Å²) in [5.74, 6) is 5.92. The number of aliphatic hydroxyl groups excluding tert-OH is 1. The van der Waals surface area contributed by atoms with Crippen LogP contribution in [0.2, 0.25) is 0 Å². The smallest absolute Gasteiger partial charge is 0.410 e. The number of likely N-dealkylation sites (tertiary alicyclic amines) is 1. The summed E-state index contributed by atoms with van der Waals surface area (Å²) in [6.45, 7) is 8.61. The van der Waals surface area contributed by atoms with Crippen LogP contribution in [0.15, 0.2) is 0 Å². The first-order chi connectivity index (χ1) is 8.83. The minimum absolute atomic E-state index is 0.145. The lowest BCUT2D eigenvalue weighted by molar-refractivity contribution is 0.0267. The van der Waals surface area contributed by atoms with E-state index in [2.05, 4.69) is 11.8 Å². The van der Waals surface area contributed by atoms with E-state index < -0.39 is 5.60 Å². The Morgan fingerprint density at radius 3 is 2.79 bits per heavy atom. The van der Waals surface area contributed by atoms with Crippen molar-refractivity contribution < 1.29 is 14.6 Å². The van der Waals surface area contributed by atoms with Crippen LogP contribution in [0, 0.1) is 17.8 Å². The zero-order chi connectivity index (χ0) is 14.5. The number of aliphatic hydroxyl groups is 1. The van der Waals surface area contributed by atoms with Gasteiger partial charge in [-0.15, -0.1) is 11.8 Å². The molecule has 1 N–H and O–H groups in total. The number of rotatable bonds is 3. The van der Waals surface area contributed by atoms with Crippen LogP contribution in [0.4, 0.5) is 4.79 Å². The van der Waals surface area contributed by atoms with Crippen LogP contribution in [0.25, 0.3) is 0 Å². The Morgan fingerprint density at radius 1 is 1.53 bits per heavy atom. The number of carbonyl (C=O) groups excluding carboxylic acids is 1. The molecule has 0 radical (unpaired) electrons. The molecule has 1 rings (SSSR count). The Morgan fingerprint density at radius 2 is 2.21 bits per heavy atom. The Balaban J connectivity index is 2.39. The summed E-state index contributed by atoms with van der Waals surface area (Å²) in [5.41, 5.74) is -0.468. The molecule has 0 saturated carbocycles. The molecular formula is C15H25NO3. The van der Waals surface area contributed by atoms with Crippen molar-refractivity contribution in [1.82, 2.24) is 4.90 Å². The van der Waals surface area contributed by atoms with Crippen molar-refractivity contribution in [2.24, 2.45) is 5.92 Å². The van der Waals surface area contributed by atoms with Gasteiger partial charge in [-0.25, -0.2) is 4.79 Å². The Hall–Kier alpha value is -1.21. The third-order valence-corrected chi connectivity index (χ3v) is 3.16. The molecule has 0 spiro atoms. The van der Waals surface area contributed by atoms with Crippen molar-refractivity contribution in [2.45, 2.75) is 58.7 Å². The monoisotopic (exact) mass is 267 g/mol. The lowest BCUT2D eigenvalue weighted by Gasteiger charge is -2.25. The molecule has 108 valence electrons. The van der Waals surface area contributed by atoms with Gasteiger partial charge in [0, 0.05) is 25.4 Å². The standard InChI is InChI=1S/C15H25NO3/c1-5-6-7-8-13(17)12-9-10-16(11-12)14(18)19-15(2,3)4/h12-13,17H,7-11H2,1-4H3. The van der Waals surface area contributed by atoms with Crippen LogP contribution in [0.1, 0.15) is 47.0 Å². The number of hydrogen-bond acceptors (Lipinski definition) is 3. The summed E-state index contributed by atoms with van der Waals surface area (Å²) < 4.78 is 5.33. The zero-order valence-electron chi connectivity index (χ0n) is 12.4. The first-order valence-corrected chi connectivity index (χ1v) is 6.89. The van der Waals surface area contributed by atoms with Gasteiger partial charge < -0.3 is 14.7 Å². The summed E-state index contributed by atoms with van der Waals surface area (Å²) in [4.78, 5) is 13.6. The van der Waals surface area contributed by atoms with E-state index in [0.717, 1.165) is 6.42 Å². The van der Waals surface area contributed by atoms with Gasteiger partial charge in [0.05, 0.1) is 6.10 Å². The molecule has 1 fully saturated rings. The number of amides is 1. The molecular weight excluding hydrogens is 242 g/mol. The molecule has 0 aliphatic carbocycles. The minimum atomic E-state index is -0.468. The largest absolute Gasteiger partial charge is 0.444 e. The summed E-state index contributed by atoms with van der Waals surface area (Å²) in [7, 11) is 0. The number of ether oxygens (including phenoxy) is 1. The number of nitrogens with zero attached hydrogens (tertiary/aromatic N) is 1. The molecule has 0 aromatic rings. The van der Waals surface area contributed by atoms with Crippen LogP contribution in [-0.2, 0) is 4.74 Å². The third-order valence-electron chi connectivity index (χ3n) is 3.16. The zero-order valence-corrected chi connectivity index (χ0v) is 12.4. The second kappa shape index (κ2) is 6.81. The molecule has 1 aliphatic rings. The molecule has 4 heteroatoms. The SMILES string of the molecule is CC#CCCC(O)C1CCN(C(=O)OC(C)(C)C)C1. The number of hydrogen-bond donors (Lipinski definition) is 1. The highest BCUT2D eigenvalue weighted by Gasteiger charge is 2.32. The second-order valence-corrected chi connectivity index (χ2v) is 6.01. The van der Waals surface area contributed by atoms with Crippen LogP contribution in [0.5, 0.6) is 0 Å². The van der Waals surface area contributed by atoms with Gasteiger partial charge in [0.25, 0.3) is 0 Å². The molecule has 2 unspecified atom stereocenters. The van der Waals surface area contributed by atoms with Crippen molar-refractivity contribution in [3.63, 3.8) is 0 Å². The molecule has 0 bridgehead atoms. The predicted molar refractivity (Wildman–Crippen MR) is 74.6 cm³/mol. The Bertz CT molecular complexity index is 362. The van der Waals surface area contributed by atoms with E-state index in [9.17, 15) is 9.90 Å². The average molecular weight is 267 g/mol. The first kappa shape index (κ1) is 15.8. The average Bonchev–Trinajstić information content (AvgIpc) is 2.76. The van der Waals surface area contributed by atoms with Crippen molar-refractivity contribution in [3.8, 4) is 11.8 Å². The normalized spacial score (nSPS) is 20.7. The molecule has 1 heterocycles. The fraction of sp³-hybridized carbons (Fsp3) is 0.800. The Kier molecular flexibility index (Phi) is 5.68. The predicted octanol–water partition coefficient (Wildman–Crippen LogP) is 2.41. The van der Waals surface area contributed by atoms with Gasteiger partial charge in [0.2, 0.25) is 0 Å². The molecule has 2 atom stereocenters. The molecule has 1 saturated heterocycles. The van der Waals surface area contributed by atoms with Crippen LogP contribution in [-0.4, -0.2) is 40.9 Å². The molecule has 1 amide bonds. The Labute approximate surface area is 116 Å². The maximum Gasteiger partial charge on any atom is 0.410 e. The van der Waals surface area contributed by atoms with Crippen molar-refractivity contribution in [1.29, 1.82) is 0 Å². The maximum atomic E-state index is 11.9. The van der Waals surface area contributed by atoms with E-state index in [1.165, 1.54) is 0 Å². The first-order valence-electron chi connectivity index (χ1n) is 6.89. The summed E-state index contributed by atoms with van der Waals surface area (Å²) >= 11 is 0. The topological polar surface area (TPSA) is 49.8 Å². The van der Waals surface area contributed by atoms with E-state index in [1.54, 1.807) is 11.8 Å². The fourth-order valence-corrected chi connectivity index (χ4v) is 2.17. The van der Waals surface area contributed by atoms with Gasteiger partial charge in [-0.2, -0.15) is 0 Å². The third kappa shape index (κ3) is 5.52. The van der Waals surface area contributed by atoms with Gasteiger partial charge in [-0.05, 0) is 40.5 Å². The molecule has 1 aliphatic heterocycles. The molecule has 4 nitrogen and oxygen atoms in total.